The highest BCUT2D eigenvalue weighted by Gasteiger charge is 2.03. The van der Waals surface area contributed by atoms with Crippen LogP contribution in [0.1, 0.15) is 32.3 Å². The van der Waals surface area contributed by atoms with Crippen molar-refractivity contribution >= 4 is 5.69 Å². The highest BCUT2D eigenvalue weighted by molar-refractivity contribution is 5.45. The van der Waals surface area contributed by atoms with Gasteiger partial charge in [-0.05, 0) is 36.6 Å². The van der Waals surface area contributed by atoms with Crippen molar-refractivity contribution < 1.29 is 4.39 Å². The molecular weight excluding hydrogens is 189 g/mol. The van der Waals surface area contributed by atoms with E-state index in [1.807, 2.05) is 6.07 Å². The Hall–Kier alpha value is -1.05. The second kappa shape index (κ2) is 5.74. The number of anilines is 1. The molecule has 0 saturated carbocycles. The highest BCUT2D eigenvalue weighted by Crippen LogP contribution is 2.15. The fraction of sp³-hybridized carbons (Fsp3) is 0.538. The minimum Gasteiger partial charge on any atom is -0.385 e. The van der Waals surface area contributed by atoms with Gasteiger partial charge < -0.3 is 5.32 Å². The molecule has 84 valence electrons. The molecule has 0 unspecified atom stereocenters. The average Bonchev–Trinajstić information content (AvgIpc) is 2.24. The molecule has 0 aliphatic carbocycles. The number of hydrogen-bond donors (Lipinski definition) is 1. The molecule has 1 N–H and O–H groups in total. The molecule has 2 heteroatoms. The molecule has 0 aliphatic heterocycles. The molecule has 0 heterocycles. The average molecular weight is 209 g/mol. The third-order valence-corrected chi connectivity index (χ3v) is 2.91. The van der Waals surface area contributed by atoms with Crippen molar-refractivity contribution in [2.75, 3.05) is 11.9 Å². The Morgan fingerprint density at radius 2 is 1.93 bits per heavy atom. The van der Waals surface area contributed by atoms with Gasteiger partial charge in [0.1, 0.15) is 5.82 Å². The molecule has 0 aromatic heterocycles. The van der Waals surface area contributed by atoms with Crippen LogP contribution in [0.15, 0.2) is 18.2 Å². The van der Waals surface area contributed by atoms with Gasteiger partial charge in [0.05, 0.1) is 0 Å². The standard InChI is InChI=1S/C13H20FN/c1-4-11(5-2)9-15-12-6-7-13(14)10(3)8-12/h6-8,11,15H,4-5,9H2,1-3H3. The smallest absolute Gasteiger partial charge is 0.126 e. The summed E-state index contributed by atoms with van der Waals surface area (Å²) in [6.07, 6.45) is 2.37. The SMILES string of the molecule is CCC(CC)CNc1ccc(F)c(C)c1. The van der Waals surface area contributed by atoms with E-state index in [9.17, 15) is 4.39 Å². The van der Waals surface area contributed by atoms with E-state index in [1.54, 1.807) is 13.0 Å². The molecule has 0 aliphatic rings. The fourth-order valence-electron chi connectivity index (χ4n) is 1.59. The molecule has 15 heavy (non-hydrogen) atoms. The summed E-state index contributed by atoms with van der Waals surface area (Å²) in [5, 5.41) is 3.35. The normalized spacial score (nSPS) is 10.7. The summed E-state index contributed by atoms with van der Waals surface area (Å²) >= 11 is 0. The van der Waals surface area contributed by atoms with E-state index in [-0.39, 0.29) is 5.82 Å². The van der Waals surface area contributed by atoms with E-state index in [0.717, 1.165) is 12.2 Å². The van der Waals surface area contributed by atoms with E-state index in [4.69, 9.17) is 0 Å². The second-order valence-corrected chi connectivity index (χ2v) is 4.03. The van der Waals surface area contributed by atoms with Crippen LogP contribution in [0, 0.1) is 18.7 Å². The van der Waals surface area contributed by atoms with Gasteiger partial charge >= 0.3 is 0 Å². The van der Waals surface area contributed by atoms with Gasteiger partial charge in [-0.3, -0.25) is 0 Å². The maximum Gasteiger partial charge on any atom is 0.126 e. The van der Waals surface area contributed by atoms with Crippen molar-refractivity contribution in [1.29, 1.82) is 0 Å². The number of hydrogen-bond acceptors (Lipinski definition) is 1. The van der Waals surface area contributed by atoms with Crippen LogP contribution in [-0.4, -0.2) is 6.54 Å². The van der Waals surface area contributed by atoms with Gasteiger partial charge in [-0.25, -0.2) is 4.39 Å². The van der Waals surface area contributed by atoms with Crippen LogP contribution < -0.4 is 5.32 Å². The lowest BCUT2D eigenvalue weighted by Gasteiger charge is -2.14. The Morgan fingerprint density at radius 1 is 1.27 bits per heavy atom. The Balaban J connectivity index is 2.54. The number of nitrogens with one attached hydrogen (secondary N) is 1. The lowest BCUT2D eigenvalue weighted by atomic mass is 10.0. The second-order valence-electron chi connectivity index (χ2n) is 4.03. The zero-order valence-electron chi connectivity index (χ0n) is 9.81. The molecule has 0 atom stereocenters. The first-order valence-corrected chi connectivity index (χ1v) is 5.67. The van der Waals surface area contributed by atoms with E-state index in [1.165, 1.54) is 18.9 Å². The first-order chi connectivity index (χ1) is 7.17. The molecule has 0 saturated heterocycles. The van der Waals surface area contributed by atoms with Gasteiger partial charge in [0.2, 0.25) is 0 Å². The van der Waals surface area contributed by atoms with Gasteiger partial charge in [-0.2, -0.15) is 0 Å². The molecule has 0 radical (unpaired) electrons. The zero-order chi connectivity index (χ0) is 11.3. The van der Waals surface area contributed by atoms with E-state index < -0.39 is 0 Å². The Kier molecular flexibility index (Phi) is 4.60. The maximum atomic E-state index is 13.0. The van der Waals surface area contributed by atoms with Gasteiger partial charge in [-0.15, -0.1) is 0 Å². The number of benzene rings is 1. The third kappa shape index (κ3) is 3.54. The monoisotopic (exact) mass is 209 g/mol. The van der Waals surface area contributed by atoms with Crippen molar-refractivity contribution in [2.24, 2.45) is 5.92 Å². The molecule has 1 rings (SSSR count). The molecule has 1 aromatic rings. The zero-order valence-corrected chi connectivity index (χ0v) is 9.81. The van der Waals surface area contributed by atoms with Crippen LogP contribution in [0.25, 0.3) is 0 Å². The molecule has 0 bridgehead atoms. The summed E-state index contributed by atoms with van der Waals surface area (Å²) < 4.78 is 13.0. The van der Waals surface area contributed by atoms with Crippen molar-refractivity contribution in [3.63, 3.8) is 0 Å². The molecule has 1 aromatic carbocycles. The van der Waals surface area contributed by atoms with Gasteiger partial charge in [0.25, 0.3) is 0 Å². The predicted octanol–water partition coefficient (Wildman–Crippen LogP) is 3.98. The largest absolute Gasteiger partial charge is 0.385 e. The van der Waals surface area contributed by atoms with Crippen molar-refractivity contribution in [1.82, 2.24) is 0 Å². The van der Waals surface area contributed by atoms with Gasteiger partial charge in [0, 0.05) is 12.2 Å². The lowest BCUT2D eigenvalue weighted by Crippen LogP contribution is -2.12. The summed E-state index contributed by atoms with van der Waals surface area (Å²) in [5.41, 5.74) is 1.71. The first kappa shape index (κ1) is 12.0. The quantitative estimate of drug-likeness (QED) is 0.773. The molecule has 0 spiro atoms. The lowest BCUT2D eigenvalue weighted by molar-refractivity contribution is 0.519. The van der Waals surface area contributed by atoms with Crippen LogP contribution in [-0.2, 0) is 0 Å². The summed E-state index contributed by atoms with van der Waals surface area (Å²) in [7, 11) is 0. The van der Waals surface area contributed by atoms with Gasteiger partial charge in [0.15, 0.2) is 0 Å². The molecule has 0 fully saturated rings. The Labute approximate surface area is 91.7 Å². The van der Waals surface area contributed by atoms with Crippen LogP contribution in [0.3, 0.4) is 0 Å². The minimum absolute atomic E-state index is 0.136. The first-order valence-electron chi connectivity index (χ1n) is 5.67. The third-order valence-electron chi connectivity index (χ3n) is 2.91. The van der Waals surface area contributed by atoms with Crippen molar-refractivity contribution in [3.05, 3.63) is 29.6 Å². The molecular formula is C13H20FN. The van der Waals surface area contributed by atoms with E-state index in [2.05, 4.69) is 19.2 Å². The summed E-state index contributed by atoms with van der Waals surface area (Å²) in [5.74, 6) is 0.568. The summed E-state index contributed by atoms with van der Waals surface area (Å²) in [4.78, 5) is 0. The van der Waals surface area contributed by atoms with Crippen LogP contribution in [0.4, 0.5) is 10.1 Å². The van der Waals surface area contributed by atoms with Gasteiger partial charge in [-0.1, -0.05) is 26.7 Å². The van der Waals surface area contributed by atoms with Crippen molar-refractivity contribution in [3.8, 4) is 0 Å². The molecule has 0 amide bonds. The number of rotatable bonds is 5. The highest BCUT2D eigenvalue weighted by atomic mass is 19.1. The summed E-state index contributed by atoms with van der Waals surface area (Å²) in [6.45, 7) is 7.16. The van der Waals surface area contributed by atoms with E-state index in [0.29, 0.717) is 11.5 Å². The van der Waals surface area contributed by atoms with E-state index >= 15 is 0 Å². The Bertz CT molecular complexity index is 305. The van der Waals surface area contributed by atoms with Crippen LogP contribution in [0.5, 0.6) is 0 Å². The summed E-state index contributed by atoms with van der Waals surface area (Å²) in [6, 6.07) is 5.17. The minimum atomic E-state index is -0.136. The number of halogens is 1. The predicted molar refractivity (Wildman–Crippen MR) is 63.7 cm³/mol. The van der Waals surface area contributed by atoms with Crippen molar-refractivity contribution in [2.45, 2.75) is 33.6 Å². The van der Waals surface area contributed by atoms with Crippen LogP contribution in [0.2, 0.25) is 0 Å². The molecule has 1 nitrogen and oxygen atoms in total. The van der Waals surface area contributed by atoms with Crippen LogP contribution >= 0.6 is 0 Å². The number of aryl methyl sites for hydroxylation is 1. The fourth-order valence-corrected chi connectivity index (χ4v) is 1.59. The Morgan fingerprint density at radius 3 is 2.47 bits per heavy atom. The maximum absolute atomic E-state index is 13.0. The topological polar surface area (TPSA) is 12.0 Å².